The number of rotatable bonds is 5. The number of para-hydroxylation sites is 1. The lowest BCUT2D eigenvalue weighted by Crippen LogP contribution is -2.26. The number of nitriles is 1. The van der Waals surface area contributed by atoms with Gasteiger partial charge in [-0.05, 0) is 53.8 Å². The Kier molecular flexibility index (Phi) is 5.62. The number of pyridine rings is 1. The molecule has 3 heterocycles. The number of nitrogens with one attached hydrogen (secondary N) is 1. The van der Waals surface area contributed by atoms with Crippen LogP contribution in [0.3, 0.4) is 0 Å². The Balaban J connectivity index is 1.56. The number of anilines is 2. The van der Waals surface area contributed by atoms with Crippen LogP contribution in [-0.2, 0) is 0 Å². The average Bonchev–Trinajstić information content (AvgIpc) is 3.41. The molecule has 1 aliphatic heterocycles. The van der Waals surface area contributed by atoms with Crippen molar-refractivity contribution in [2.45, 2.75) is 13.0 Å². The Bertz CT molecular complexity index is 1790. The summed E-state index contributed by atoms with van der Waals surface area (Å²) < 4.78 is 12.7. The predicted octanol–water partition coefficient (Wildman–Crippen LogP) is 4.80. The summed E-state index contributed by atoms with van der Waals surface area (Å²) in [5, 5.41) is 14.1. The van der Waals surface area contributed by atoms with Gasteiger partial charge in [-0.25, -0.2) is 4.98 Å². The first-order valence-corrected chi connectivity index (χ1v) is 12.0. The molecule has 0 aliphatic carbocycles. The van der Waals surface area contributed by atoms with Crippen molar-refractivity contribution >= 4 is 22.5 Å². The molecule has 0 radical (unpaired) electrons. The highest BCUT2D eigenvalue weighted by Gasteiger charge is 2.21. The number of aromatic nitrogens is 3. The van der Waals surface area contributed by atoms with E-state index in [1.54, 1.807) is 4.57 Å². The Labute approximate surface area is 217 Å². The zero-order valence-corrected chi connectivity index (χ0v) is 20.4. The molecule has 186 valence electrons. The Morgan fingerprint density at radius 3 is 2.68 bits per heavy atom. The van der Waals surface area contributed by atoms with E-state index < -0.39 is 6.04 Å². The molecule has 3 aromatic carbocycles. The molecule has 0 saturated heterocycles. The first-order chi connectivity index (χ1) is 18.5. The minimum absolute atomic E-state index is 0.0472. The molecule has 38 heavy (non-hydrogen) atoms. The van der Waals surface area contributed by atoms with Crippen molar-refractivity contribution in [1.29, 1.82) is 5.26 Å². The van der Waals surface area contributed by atoms with Crippen molar-refractivity contribution in [2.75, 3.05) is 17.8 Å². The van der Waals surface area contributed by atoms with Gasteiger partial charge >= 0.3 is 0 Å². The SMILES string of the molecule is C[C@H](Nc1nc(N)ncc1C#N)c1cc2cccc(-c3ccc4c(c3)OCO4)c2c(=O)n1-c1ccccc1. The van der Waals surface area contributed by atoms with Gasteiger partial charge in [-0.1, -0.05) is 42.5 Å². The molecular weight excluding hydrogens is 480 g/mol. The molecule has 0 spiro atoms. The zero-order valence-electron chi connectivity index (χ0n) is 20.4. The van der Waals surface area contributed by atoms with Crippen LogP contribution in [0.25, 0.3) is 27.6 Å². The van der Waals surface area contributed by atoms with Crippen LogP contribution in [0.5, 0.6) is 11.5 Å². The number of nitrogen functional groups attached to an aromatic ring is 1. The fourth-order valence-electron chi connectivity index (χ4n) is 4.72. The van der Waals surface area contributed by atoms with E-state index in [0.717, 1.165) is 16.5 Å². The van der Waals surface area contributed by atoms with E-state index >= 15 is 0 Å². The van der Waals surface area contributed by atoms with E-state index in [2.05, 4.69) is 21.4 Å². The number of ether oxygens (including phenoxy) is 2. The fourth-order valence-corrected chi connectivity index (χ4v) is 4.72. The van der Waals surface area contributed by atoms with Gasteiger partial charge in [0, 0.05) is 11.4 Å². The summed E-state index contributed by atoms with van der Waals surface area (Å²) in [6.07, 6.45) is 1.37. The van der Waals surface area contributed by atoms with E-state index in [4.69, 9.17) is 15.2 Å². The Morgan fingerprint density at radius 2 is 1.87 bits per heavy atom. The lowest BCUT2D eigenvalue weighted by Gasteiger charge is -2.22. The van der Waals surface area contributed by atoms with Gasteiger partial charge in [0.1, 0.15) is 17.5 Å². The molecular formula is C29H22N6O3. The van der Waals surface area contributed by atoms with Gasteiger partial charge in [0.25, 0.3) is 5.56 Å². The van der Waals surface area contributed by atoms with Gasteiger partial charge in [0.15, 0.2) is 11.5 Å². The molecule has 0 unspecified atom stereocenters. The van der Waals surface area contributed by atoms with Gasteiger partial charge in [-0.2, -0.15) is 10.2 Å². The molecule has 9 heteroatoms. The van der Waals surface area contributed by atoms with Gasteiger partial charge in [-0.3, -0.25) is 9.36 Å². The van der Waals surface area contributed by atoms with E-state index in [-0.39, 0.29) is 23.9 Å². The second kappa shape index (κ2) is 9.26. The summed E-state index contributed by atoms with van der Waals surface area (Å²) in [6, 6.07) is 24.5. The average molecular weight is 503 g/mol. The molecule has 9 nitrogen and oxygen atoms in total. The van der Waals surface area contributed by atoms with Crippen LogP contribution in [-0.4, -0.2) is 21.3 Å². The number of hydrogen-bond donors (Lipinski definition) is 2. The van der Waals surface area contributed by atoms with Crippen molar-refractivity contribution < 1.29 is 9.47 Å². The second-order valence-corrected chi connectivity index (χ2v) is 8.85. The fraction of sp³-hybridized carbons (Fsp3) is 0.103. The van der Waals surface area contributed by atoms with Crippen molar-refractivity contribution in [3.05, 3.63) is 101 Å². The summed E-state index contributed by atoms with van der Waals surface area (Å²) in [4.78, 5) is 22.4. The van der Waals surface area contributed by atoms with Gasteiger partial charge in [0.05, 0.1) is 17.6 Å². The van der Waals surface area contributed by atoms with Gasteiger partial charge in [-0.15, -0.1) is 0 Å². The van der Waals surface area contributed by atoms with Crippen molar-refractivity contribution in [2.24, 2.45) is 0 Å². The third kappa shape index (κ3) is 3.94. The molecule has 6 rings (SSSR count). The number of nitrogens with two attached hydrogens (primary N) is 1. The molecule has 0 amide bonds. The summed E-state index contributed by atoms with van der Waals surface area (Å²) in [7, 11) is 0. The predicted molar refractivity (Wildman–Crippen MR) is 144 cm³/mol. The number of benzene rings is 3. The van der Waals surface area contributed by atoms with Gasteiger partial charge < -0.3 is 20.5 Å². The molecule has 0 bridgehead atoms. The number of fused-ring (bicyclic) bond motifs is 2. The van der Waals surface area contributed by atoms with Crippen molar-refractivity contribution in [1.82, 2.24) is 14.5 Å². The molecule has 1 atom stereocenters. The molecule has 0 fully saturated rings. The smallest absolute Gasteiger partial charge is 0.263 e. The summed E-state index contributed by atoms with van der Waals surface area (Å²) in [5.74, 6) is 1.68. The summed E-state index contributed by atoms with van der Waals surface area (Å²) >= 11 is 0. The molecule has 5 aromatic rings. The summed E-state index contributed by atoms with van der Waals surface area (Å²) in [6.45, 7) is 2.08. The highest BCUT2D eigenvalue weighted by Crippen LogP contribution is 2.38. The van der Waals surface area contributed by atoms with Crippen molar-refractivity contribution in [3.8, 4) is 34.4 Å². The van der Waals surface area contributed by atoms with Gasteiger partial charge in [0.2, 0.25) is 12.7 Å². The normalized spacial score (nSPS) is 12.7. The molecule has 2 aromatic heterocycles. The molecule has 3 N–H and O–H groups in total. The monoisotopic (exact) mass is 502 g/mol. The lowest BCUT2D eigenvalue weighted by atomic mass is 9.97. The van der Waals surface area contributed by atoms with Crippen molar-refractivity contribution in [3.63, 3.8) is 0 Å². The minimum Gasteiger partial charge on any atom is -0.454 e. The second-order valence-electron chi connectivity index (χ2n) is 8.85. The summed E-state index contributed by atoms with van der Waals surface area (Å²) in [5.41, 5.74) is 8.91. The van der Waals surface area contributed by atoms with Crippen LogP contribution >= 0.6 is 0 Å². The topological polar surface area (TPSA) is 128 Å². The quantitative estimate of drug-likeness (QED) is 0.351. The maximum atomic E-state index is 14.3. The van der Waals surface area contributed by atoms with E-state index in [1.165, 1.54) is 6.20 Å². The first-order valence-electron chi connectivity index (χ1n) is 12.0. The maximum Gasteiger partial charge on any atom is 0.263 e. The highest BCUT2D eigenvalue weighted by atomic mass is 16.7. The number of nitrogens with zero attached hydrogens (tertiary/aromatic N) is 4. The van der Waals surface area contributed by atoms with E-state index in [0.29, 0.717) is 34.1 Å². The van der Waals surface area contributed by atoms with E-state index in [9.17, 15) is 10.1 Å². The van der Waals surface area contributed by atoms with E-state index in [1.807, 2.05) is 79.7 Å². The Morgan fingerprint density at radius 1 is 1.05 bits per heavy atom. The third-order valence-corrected chi connectivity index (χ3v) is 6.50. The maximum absolute atomic E-state index is 14.3. The zero-order chi connectivity index (χ0) is 26.2. The van der Waals surface area contributed by atoms with Crippen LogP contribution in [0.15, 0.2) is 83.8 Å². The minimum atomic E-state index is -0.414. The largest absolute Gasteiger partial charge is 0.454 e. The van der Waals surface area contributed by atoms with Crippen LogP contribution in [0.2, 0.25) is 0 Å². The Hall–Kier alpha value is -5.36. The standard InChI is InChI=1S/C29H22N6O3/c1-17(33-27-20(14-30)15-32-29(31)34-27)23-12-19-6-5-9-22(18-10-11-24-25(13-18)38-16-37-24)26(19)28(36)35(23)21-7-3-2-4-8-21/h2-13,15,17H,16H2,1H3,(H3,31,32,33,34)/t17-/m0/s1. The van der Waals surface area contributed by atoms with Crippen LogP contribution in [0.4, 0.5) is 11.8 Å². The van der Waals surface area contributed by atoms with Crippen LogP contribution in [0.1, 0.15) is 24.2 Å². The molecule has 0 saturated carbocycles. The van der Waals surface area contributed by atoms with Crippen LogP contribution < -0.4 is 26.1 Å². The lowest BCUT2D eigenvalue weighted by molar-refractivity contribution is 0.174. The van der Waals surface area contributed by atoms with Crippen LogP contribution in [0, 0.1) is 11.3 Å². The third-order valence-electron chi connectivity index (χ3n) is 6.50. The number of hydrogen-bond acceptors (Lipinski definition) is 8. The highest BCUT2D eigenvalue weighted by molar-refractivity contribution is 5.97. The molecule has 1 aliphatic rings. The first kappa shape index (κ1) is 23.1.